The van der Waals surface area contributed by atoms with Crippen LogP contribution >= 0.6 is 0 Å². The third-order valence-electron chi connectivity index (χ3n) is 2.66. The molecule has 2 N–H and O–H groups in total. The minimum absolute atomic E-state index is 0.368. The van der Waals surface area contributed by atoms with Crippen LogP contribution in [0.2, 0.25) is 0 Å². The van der Waals surface area contributed by atoms with E-state index in [0.717, 1.165) is 11.3 Å². The number of aromatic nitrogens is 2. The lowest BCUT2D eigenvalue weighted by Crippen LogP contribution is -2.17. The van der Waals surface area contributed by atoms with Crippen molar-refractivity contribution in [2.75, 3.05) is 7.11 Å². The van der Waals surface area contributed by atoms with E-state index in [1.807, 2.05) is 31.2 Å². The summed E-state index contributed by atoms with van der Waals surface area (Å²) in [7, 11) is 1.61. The van der Waals surface area contributed by atoms with Crippen molar-refractivity contribution in [1.82, 2.24) is 9.97 Å². The standard InChI is InChI=1S/C13H15N3O/c1-9-5-3-7-15-12(9)11(14)13-10(17-2)6-4-8-16-13/h3-8,11H,14H2,1-2H3. The molecule has 0 amide bonds. The third-order valence-corrected chi connectivity index (χ3v) is 2.66. The fourth-order valence-electron chi connectivity index (χ4n) is 1.76. The van der Waals surface area contributed by atoms with Crippen molar-refractivity contribution in [1.29, 1.82) is 0 Å². The zero-order chi connectivity index (χ0) is 12.3. The van der Waals surface area contributed by atoms with Gasteiger partial charge in [0.1, 0.15) is 11.4 Å². The van der Waals surface area contributed by atoms with E-state index in [-0.39, 0.29) is 6.04 Å². The minimum atomic E-state index is -0.368. The number of pyridine rings is 2. The first-order valence-corrected chi connectivity index (χ1v) is 5.40. The first kappa shape index (κ1) is 11.5. The molecule has 17 heavy (non-hydrogen) atoms. The van der Waals surface area contributed by atoms with Crippen LogP contribution in [-0.4, -0.2) is 17.1 Å². The van der Waals surface area contributed by atoms with Gasteiger partial charge in [0.15, 0.2) is 0 Å². The smallest absolute Gasteiger partial charge is 0.142 e. The average molecular weight is 229 g/mol. The molecule has 1 unspecified atom stereocenters. The predicted octanol–water partition coefficient (Wildman–Crippen LogP) is 1.84. The zero-order valence-corrected chi connectivity index (χ0v) is 9.92. The van der Waals surface area contributed by atoms with E-state index in [9.17, 15) is 0 Å². The zero-order valence-electron chi connectivity index (χ0n) is 9.92. The molecule has 0 radical (unpaired) electrons. The molecule has 0 aliphatic heterocycles. The summed E-state index contributed by atoms with van der Waals surface area (Å²) in [5, 5.41) is 0. The van der Waals surface area contributed by atoms with Gasteiger partial charge in [0.25, 0.3) is 0 Å². The molecular weight excluding hydrogens is 214 g/mol. The van der Waals surface area contributed by atoms with E-state index < -0.39 is 0 Å². The van der Waals surface area contributed by atoms with Crippen LogP contribution in [0, 0.1) is 6.92 Å². The van der Waals surface area contributed by atoms with Crippen molar-refractivity contribution in [2.45, 2.75) is 13.0 Å². The Morgan fingerprint density at radius 2 is 1.76 bits per heavy atom. The Morgan fingerprint density at radius 1 is 1.12 bits per heavy atom. The lowest BCUT2D eigenvalue weighted by Gasteiger charge is -2.15. The van der Waals surface area contributed by atoms with E-state index in [1.54, 1.807) is 19.5 Å². The number of nitrogens with two attached hydrogens (primary N) is 1. The van der Waals surface area contributed by atoms with Crippen LogP contribution in [0.1, 0.15) is 23.0 Å². The Hall–Kier alpha value is -1.94. The van der Waals surface area contributed by atoms with Crippen LogP contribution in [0.25, 0.3) is 0 Å². The second-order valence-corrected chi connectivity index (χ2v) is 3.77. The predicted molar refractivity (Wildman–Crippen MR) is 65.8 cm³/mol. The number of aryl methyl sites for hydroxylation is 1. The van der Waals surface area contributed by atoms with Gasteiger partial charge >= 0.3 is 0 Å². The molecule has 4 nitrogen and oxygen atoms in total. The number of methoxy groups -OCH3 is 1. The summed E-state index contributed by atoms with van der Waals surface area (Å²) in [6.45, 7) is 1.98. The van der Waals surface area contributed by atoms with Crippen LogP contribution < -0.4 is 10.5 Å². The van der Waals surface area contributed by atoms with Crippen molar-refractivity contribution >= 4 is 0 Å². The molecule has 2 aromatic heterocycles. The van der Waals surface area contributed by atoms with Crippen LogP contribution in [0.5, 0.6) is 5.75 Å². The number of hydrogen-bond acceptors (Lipinski definition) is 4. The summed E-state index contributed by atoms with van der Waals surface area (Å²) in [6.07, 6.45) is 3.44. The number of rotatable bonds is 3. The first-order valence-electron chi connectivity index (χ1n) is 5.40. The lowest BCUT2D eigenvalue weighted by molar-refractivity contribution is 0.404. The van der Waals surface area contributed by atoms with E-state index in [2.05, 4.69) is 9.97 Å². The lowest BCUT2D eigenvalue weighted by atomic mass is 10.0. The monoisotopic (exact) mass is 229 g/mol. The van der Waals surface area contributed by atoms with E-state index in [1.165, 1.54) is 0 Å². The van der Waals surface area contributed by atoms with Crippen molar-refractivity contribution in [2.24, 2.45) is 5.73 Å². The number of hydrogen-bond donors (Lipinski definition) is 1. The van der Waals surface area contributed by atoms with Crippen molar-refractivity contribution in [3.05, 3.63) is 53.6 Å². The fraction of sp³-hybridized carbons (Fsp3) is 0.231. The minimum Gasteiger partial charge on any atom is -0.495 e. The van der Waals surface area contributed by atoms with E-state index >= 15 is 0 Å². The van der Waals surface area contributed by atoms with Crippen molar-refractivity contribution in [3.8, 4) is 5.75 Å². The molecule has 2 heterocycles. The Balaban J connectivity index is 2.44. The third kappa shape index (κ3) is 2.26. The molecule has 0 spiro atoms. The Morgan fingerprint density at radius 3 is 2.41 bits per heavy atom. The highest BCUT2D eigenvalue weighted by Crippen LogP contribution is 2.26. The Labute approximate surface area is 100 Å². The SMILES string of the molecule is COc1cccnc1C(N)c1ncccc1C. The Bertz CT molecular complexity index is 514. The largest absolute Gasteiger partial charge is 0.495 e. The van der Waals surface area contributed by atoms with Gasteiger partial charge in [-0.15, -0.1) is 0 Å². The molecule has 0 aliphatic carbocycles. The summed E-state index contributed by atoms with van der Waals surface area (Å²) in [5.41, 5.74) is 8.77. The summed E-state index contributed by atoms with van der Waals surface area (Å²) < 4.78 is 5.26. The topological polar surface area (TPSA) is 61.0 Å². The summed E-state index contributed by atoms with van der Waals surface area (Å²) >= 11 is 0. The summed E-state index contributed by atoms with van der Waals surface area (Å²) in [5.74, 6) is 0.685. The highest BCUT2D eigenvalue weighted by molar-refractivity contribution is 5.36. The molecule has 0 bridgehead atoms. The van der Waals surface area contributed by atoms with E-state index in [0.29, 0.717) is 11.4 Å². The average Bonchev–Trinajstić information content (AvgIpc) is 2.38. The van der Waals surface area contributed by atoms with E-state index in [4.69, 9.17) is 10.5 Å². The summed E-state index contributed by atoms with van der Waals surface area (Å²) in [6, 6.07) is 7.17. The quantitative estimate of drug-likeness (QED) is 0.872. The van der Waals surface area contributed by atoms with Crippen LogP contribution in [0.15, 0.2) is 36.7 Å². The molecule has 1 atom stereocenters. The highest BCUT2D eigenvalue weighted by Gasteiger charge is 2.17. The molecular formula is C13H15N3O. The second kappa shape index (κ2) is 4.93. The highest BCUT2D eigenvalue weighted by atomic mass is 16.5. The molecule has 2 rings (SSSR count). The number of ether oxygens (including phenoxy) is 1. The maximum absolute atomic E-state index is 6.19. The van der Waals surface area contributed by atoms with Crippen LogP contribution in [0.3, 0.4) is 0 Å². The van der Waals surface area contributed by atoms with Gasteiger partial charge in [-0.1, -0.05) is 6.07 Å². The van der Waals surface area contributed by atoms with Gasteiger partial charge in [-0.3, -0.25) is 9.97 Å². The van der Waals surface area contributed by atoms with Gasteiger partial charge in [-0.2, -0.15) is 0 Å². The van der Waals surface area contributed by atoms with Crippen molar-refractivity contribution in [3.63, 3.8) is 0 Å². The maximum atomic E-state index is 6.19. The normalized spacial score (nSPS) is 12.2. The molecule has 2 aromatic rings. The molecule has 0 saturated heterocycles. The van der Waals surface area contributed by atoms with Crippen LogP contribution in [-0.2, 0) is 0 Å². The van der Waals surface area contributed by atoms with Gasteiger partial charge < -0.3 is 10.5 Å². The maximum Gasteiger partial charge on any atom is 0.142 e. The molecule has 0 aliphatic rings. The molecule has 88 valence electrons. The second-order valence-electron chi connectivity index (χ2n) is 3.77. The van der Waals surface area contributed by atoms with Crippen molar-refractivity contribution < 1.29 is 4.74 Å². The molecule has 0 saturated carbocycles. The summed E-state index contributed by atoms with van der Waals surface area (Å²) in [4.78, 5) is 8.59. The first-order chi connectivity index (χ1) is 8.24. The molecule has 0 fully saturated rings. The van der Waals surface area contributed by atoms with Crippen LogP contribution in [0.4, 0.5) is 0 Å². The van der Waals surface area contributed by atoms with Gasteiger partial charge in [-0.25, -0.2) is 0 Å². The fourth-order valence-corrected chi connectivity index (χ4v) is 1.76. The molecule has 0 aromatic carbocycles. The number of nitrogens with zero attached hydrogens (tertiary/aromatic N) is 2. The van der Waals surface area contributed by atoms with Gasteiger partial charge in [-0.05, 0) is 30.7 Å². The van der Waals surface area contributed by atoms with Gasteiger partial charge in [0.2, 0.25) is 0 Å². The molecule has 4 heteroatoms. The van der Waals surface area contributed by atoms with Gasteiger partial charge in [0.05, 0.1) is 18.8 Å². The Kier molecular flexibility index (Phi) is 3.35. The van der Waals surface area contributed by atoms with Gasteiger partial charge in [0, 0.05) is 12.4 Å².